The first kappa shape index (κ1) is 15.4. The lowest BCUT2D eigenvalue weighted by Gasteiger charge is -2.28. The van der Waals surface area contributed by atoms with E-state index in [0.29, 0.717) is 6.54 Å². The maximum atomic E-state index is 12.6. The Labute approximate surface area is 131 Å². The third-order valence-corrected chi connectivity index (χ3v) is 5.82. The van der Waals surface area contributed by atoms with Crippen LogP contribution in [0.1, 0.15) is 31.2 Å². The summed E-state index contributed by atoms with van der Waals surface area (Å²) in [7, 11) is -3.45. The van der Waals surface area contributed by atoms with Crippen molar-refractivity contribution in [2.75, 3.05) is 6.54 Å². The topological polar surface area (TPSA) is 85.1 Å². The summed E-state index contributed by atoms with van der Waals surface area (Å²) in [6.45, 7) is 0.347. The van der Waals surface area contributed by atoms with Crippen molar-refractivity contribution in [1.29, 1.82) is 0 Å². The summed E-state index contributed by atoms with van der Waals surface area (Å²) in [6, 6.07) is 9.40. The second-order valence-electron chi connectivity index (χ2n) is 6.04. The largest absolute Gasteiger partial charge is 0.329 e. The van der Waals surface area contributed by atoms with Crippen molar-refractivity contribution in [3.05, 3.63) is 42.1 Å². The molecular formula is C16H21N3O2S. The van der Waals surface area contributed by atoms with Crippen LogP contribution in [-0.4, -0.2) is 25.5 Å². The second-order valence-corrected chi connectivity index (χ2v) is 7.77. The molecule has 0 radical (unpaired) electrons. The van der Waals surface area contributed by atoms with Crippen LogP contribution in [0, 0.1) is 0 Å². The second kappa shape index (κ2) is 5.95. The Morgan fingerprint density at radius 3 is 2.64 bits per heavy atom. The summed E-state index contributed by atoms with van der Waals surface area (Å²) in [5.74, 6) is -0.0664. The molecule has 0 saturated heterocycles. The Hall–Kier alpha value is -1.50. The van der Waals surface area contributed by atoms with Crippen molar-refractivity contribution in [2.45, 2.75) is 37.0 Å². The van der Waals surface area contributed by atoms with E-state index in [1.54, 1.807) is 6.20 Å². The van der Waals surface area contributed by atoms with Crippen molar-refractivity contribution in [3.8, 4) is 0 Å². The van der Waals surface area contributed by atoms with E-state index in [1.807, 2.05) is 30.3 Å². The zero-order valence-corrected chi connectivity index (χ0v) is 13.3. The van der Waals surface area contributed by atoms with Gasteiger partial charge in [-0.25, -0.2) is 13.1 Å². The van der Waals surface area contributed by atoms with Gasteiger partial charge in [0, 0.05) is 23.7 Å². The number of benzene rings is 1. The third kappa shape index (κ3) is 3.14. The highest BCUT2D eigenvalue weighted by Crippen LogP contribution is 2.30. The molecule has 3 N–H and O–H groups in total. The Balaban J connectivity index is 1.87. The average Bonchev–Trinajstić information content (AvgIpc) is 2.95. The van der Waals surface area contributed by atoms with Crippen LogP contribution in [-0.2, 0) is 15.8 Å². The highest BCUT2D eigenvalue weighted by Gasteiger charge is 2.36. The fraction of sp³-hybridized carbons (Fsp3) is 0.438. The molecule has 0 amide bonds. The molecule has 5 nitrogen and oxygen atoms in total. The van der Waals surface area contributed by atoms with Gasteiger partial charge in [-0.2, -0.15) is 0 Å². The van der Waals surface area contributed by atoms with Crippen LogP contribution < -0.4 is 10.5 Å². The fourth-order valence-electron chi connectivity index (χ4n) is 3.25. The van der Waals surface area contributed by atoms with Crippen LogP contribution >= 0.6 is 0 Å². The third-order valence-electron chi connectivity index (χ3n) is 4.39. The molecular weight excluding hydrogens is 298 g/mol. The summed E-state index contributed by atoms with van der Waals surface area (Å²) in [4.78, 5) is 4.32. The summed E-state index contributed by atoms with van der Waals surface area (Å²) < 4.78 is 28.0. The van der Waals surface area contributed by atoms with Crippen molar-refractivity contribution in [3.63, 3.8) is 0 Å². The Morgan fingerprint density at radius 1 is 1.18 bits per heavy atom. The minimum atomic E-state index is -3.45. The lowest BCUT2D eigenvalue weighted by atomic mass is 10.0. The van der Waals surface area contributed by atoms with Gasteiger partial charge in [0.1, 0.15) is 0 Å². The summed E-state index contributed by atoms with van der Waals surface area (Å²) in [6.07, 6.45) is 5.36. The molecule has 1 aromatic carbocycles. The van der Waals surface area contributed by atoms with E-state index in [9.17, 15) is 8.42 Å². The molecule has 1 fully saturated rings. The zero-order valence-electron chi connectivity index (χ0n) is 12.5. The predicted octanol–water partition coefficient (Wildman–Crippen LogP) is 1.93. The lowest BCUT2D eigenvalue weighted by molar-refractivity contribution is 0.399. The van der Waals surface area contributed by atoms with E-state index in [1.165, 1.54) is 0 Å². The monoisotopic (exact) mass is 319 g/mol. The van der Waals surface area contributed by atoms with E-state index in [2.05, 4.69) is 9.71 Å². The van der Waals surface area contributed by atoms with Gasteiger partial charge in [-0.05, 0) is 24.5 Å². The van der Waals surface area contributed by atoms with E-state index in [4.69, 9.17) is 5.73 Å². The van der Waals surface area contributed by atoms with Gasteiger partial charge < -0.3 is 5.73 Å². The zero-order chi connectivity index (χ0) is 15.6. The van der Waals surface area contributed by atoms with Crippen molar-refractivity contribution in [1.82, 2.24) is 9.71 Å². The maximum Gasteiger partial charge on any atom is 0.216 e. The number of pyridine rings is 1. The van der Waals surface area contributed by atoms with Gasteiger partial charge in [-0.1, -0.05) is 37.1 Å². The van der Waals surface area contributed by atoms with Crippen LogP contribution in [0.25, 0.3) is 10.9 Å². The maximum absolute atomic E-state index is 12.6. The van der Waals surface area contributed by atoms with E-state index < -0.39 is 15.6 Å². The van der Waals surface area contributed by atoms with Crippen LogP contribution in [0.5, 0.6) is 0 Å². The molecule has 0 unspecified atom stereocenters. The van der Waals surface area contributed by atoms with Gasteiger partial charge in [0.2, 0.25) is 10.0 Å². The summed E-state index contributed by atoms with van der Waals surface area (Å²) in [5.41, 5.74) is 6.82. The molecule has 0 atom stereocenters. The number of rotatable bonds is 5. The average molecular weight is 319 g/mol. The SMILES string of the molecule is NCC1(NS(=O)(=O)Cc2cccc3cccnc23)CCCC1. The first-order chi connectivity index (χ1) is 10.5. The molecule has 118 valence electrons. The molecule has 1 aliphatic rings. The predicted molar refractivity (Wildman–Crippen MR) is 87.8 cm³/mol. The van der Waals surface area contributed by atoms with Gasteiger partial charge in [0.25, 0.3) is 0 Å². The number of hydrogen-bond acceptors (Lipinski definition) is 4. The number of sulfonamides is 1. The number of nitrogens with zero attached hydrogens (tertiary/aromatic N) is 1. The van der Waals surface area contributed by atoms with E-state index >= 15 is 0 Å². The molecule has 0 aliphatic heterocycles. The molecule has 1 heterocycles. The molecule has 2 aromatic rings. The van der Waals surface area contributed by atoms with Gasteiger partial charge >= 0.3 is 0 Å². The van der Waals surface area contributed by atoms with Gasteiger partial charge in [0.15, 0.2) is 0 Å². The van der Waals surface area contributed by atoms with Crippen molar-refractivity contribution < 1.29 is 8.42 Å². The van der Waals surface area contributed by atoms with Crippen LogP contribution in [0.2, 0.25) is 0 Å². The lowest BCUT2D eigenvalue weighted by Crippen LogP contribution is -2.51. The number of nitrogens with one attached hydrogen (secondary N) is 1. The standard InChI is InChI=1S/C16H21N3O2S/c17-12-16(8-1-2-9-16)19-22(20,21)11-14-6-3-5-13-7-4-10-18-15(13)14/h3-7,10,19H,1-2,8-9,11-12,17H2. The Morgan fingerprint density at radius 2 is 1.91 bits per heavy atom. The highest BCUT2D eigenvalue weighted by molar-refractivity contribution is 7.88. The van der Waals surface area contributed by atoms with Gasteiger partial charge in [-0.3, -0.25) is 4.98 Å². The number of aromatic nitrogens is 1. The number of para-hydroxylation sites is 1. The number of nitrogens with two attached hydrogens (primary N) is 1. The fourth-order valence-corrected chi connectivity index (χ4v) is 4.92. The van der Waals surface area contributed by atoms with Crippen molar-refractivity contribution >= 4 is 20.9 Å². The minimum Gasteiger partial charge on any atom is -0.329 e. The van der Waals surface area contributed by atoms with Crippen LogP contribution in [0.15, 0.2) is 36.5 Å². The van der Waals surface area contributed by atoms with E-state index in [-0.39, 0.29) is 5.75 Å². The van der Waals surface area contributed by atoms with Crippen LogP contribution in [0.4, 0.5) is 0 Å². The van der Waals surface area contributed by atoms with E-state index in [0.717, 1.165) is 42.1 Å². The van der Waals surface area contributed by atoms with Crippen LogP contribution in [0.3, 0.4) is 0 Å². The quantitative estimate of drug-likeness (QED) is 0.882. The first-order valence-electron chi connectivity index (χ1n) is 7.58. The molecule has 3 rings (SSSR count). The molecule has 1 aromatic heterocycles. The highest BCUT2D eigenvalue weighted by atomic mass is 32.2. The minimum absolute atomic E-state index is 0.0664. The van der Waals surface area contributed by atoms with Crippen molar-refractivity contribution in [2.24, 2.45) is 5.73 Å². The smallest absolute Gasteiger partial charge is 0.216 e. The summed E-state index contributed by atoms with van der Waals surface area (Å²) >= 11 is 0. The Kier molecular flexibility index (Phi) is 4.16. The molecule has 1 saturated carbocycles. The first-order valence-corrected chi connectivity index (χ1v) is 9.23. The Bertz CT molecular complexity index is 763. The van der Waals surface area contributed by atoms with Gasteiger partial charge in [-0.15, -0.1) is 0 Å². The normalized spacial score (nSPS) is 17.9. The number of hydrogen-bond donors (Lipinski definition) is 2. The molecule has 6 heteroatoms. The molecule has 1 aliphatic carbocycles. The molecule has 0 bridgehead atoms. The molecule has 22 heavy (non-hydrogen) atoms. The van der Waals surface area contributed by atoms with Gasteiger partial charge in [0.05, 0.1) is 11.3 Å². The molecule has 0 spiro atoms. The number of fused-ring (bicyclic) bond motifs is 1. The summed E-state index contributed by atoms with van der Waals surface area (Å²) in [5, 5.41) is 0.949.